The zero-order valence-electron chi connectivity index (χ0n) is 11.4. The second-order valence-electron chi connectivity index (χ2n) is 4.90. The molecule has 100 valence electrons. The monoisotopic (exact) mass is 318 g/mol. The summed E-state index contributed by atoms with van der Waals surface area (Å²) in [6.07, 6.45) is 1.67. The predicted octanol–water partition coefficient (Wildman–Crippen LogP) is 4.79. The molecule has 1 atom stereocenters. The van der Waals surface area contributed by atoms with Crippen LogP contribution in [-0.4, -0.2) is 5.11 Å². The zero-order chi connectivity index (χ0) is 13.8. The number of aliphatic hydroxyl groups excluding tert-OH is 1. The van der Waals surface area contributed by atoms with Crippen LogP contribution in [0, 0.1) is 6.92 Å². The number of halogens is 1. The molecule has 0 aliphatic heterocycles. The van der Waals surface area contributed by atoms with Gasteiger partial charge in [-0.2, -0.15) is 0 Å². The Kier molecular flexibility index (Phi) is 4.78. The maximum Gasteiger partial charge on any atom is 0.104 e. The van der Waals surface area contributed by atoms with Crippen LogP contribution in [0.5, 0.6) is 0 Å². The third kappa shape index (κ3) is 3.46. The molecule has 2 heteroatoms. The number of aryl methyl sites for hydroxylation is 2. The Balaban J connectivity index is 2.22. The molecule has 0 aliphatic carbocycles. The molecule has 0 heterocycles. The van der Waals surface area contributed by atoms with Crippen LogP contribution in [0.15, 0.2) is 46.9 Å². The molecule has 1 N–H and O–H groups in total. The number of aliphatic hydroxyl groups is 1. The van der Waals surface area contributed by atoms with E-state index in [1.165, 1.54) is 11.1 Å². The summed E-state index contributed by atoms with van der Waals surface area (Å²) in [6.45, 7) is 4.21. The van der Waals surface area contributed by atoms with E-state index in [-0.39, 0.29) is 0 Å². The van der Waals surface area contributed by atoms with Crippen LogP contribution in [0.2, 0.25) is 0 Å². The molecule has 0 saturated heterocycles. The lowest BCUT2D eigenvalue weighted by atomic mass is 9.99. The second kappa shape index (κ2) is 6.36. The number of benzene rings is 2. The highest BCUT2D eigenvalue weighted by molar-refractivity contribution is 9.10. The van der Waals surface area contributed by atoms with Crippen molar-refractivity contribution in [3.63, 3.8) is 0 Å². The Morgan fingerprint density at radius 3 is 2.26 bits per heavy atom. The summed E-state index contributed by atoms with van der Waals surface area (Å²) in [5.41, 5.74) is 4.36. The Labute approximate surface area is 123 Å². The van der Waals surface area contributed by atoms with Crippen molar-refractivity contribution in [1.82, 2.24) is 0 Å². The van der Waals surface area contributed by atoms with Crippen LogP contribution >= 0.6 is 15.9 Å². The van der Waals surface area contributed by atoms with Crippen LogP contribution in [0.25, 0.3) is 0 Å². The largest absolute Gasteiger partial charge is 0.384 e. The third-order valence-electron chi connectivity index (χ3n) is 3.35. The molecule has 0 aromatic heterocycles. The van der Waals surface area contributed by atoms with E-state index < -0.39 is 6.10 Å². The number of hydrogen-bond acceptors (Lipinski definition) is 1. The van der Waals surface area contributed by atoms with E-state index in [1.807, 2.05) is 37.3 Å². The topological polar surface area (TPSA) is 20.2 Å². The van der Waals surface area contributed by atoms with Gasteiger partial charge in [-0.1, -0.05) is 65.7 Å². The van der Waals surface area contributed by atoms with Gasteiger partial charge in [-0.15, -0.1) is 0 Å². The maximum atomic E-state index is 10.4. The number of rotatable bonds is 4. The highest BCUT2D eigenvalue weighted by Crippen LogP contribution is 2.26. The van der Waals surface area contributed by atoms with Gasteiger partial charge in [0, 0.05) is 4.47 Å². The van der Waals surface area contributed by atoms with E-state index in [4.69, 9.17) is 0 Å². The molecule has 0 saturated carbocycles. The van der Waals surface area contributed by atoms with Crippen molar-refractivity contribution in [2.45, 2.75) is 32.8 Å². The third-order valence-corrected chi connectivity index (χ3v) is 4.20. The van der Waals surface area contributed by atoms with Crippen molar-refractivity contribution in [2.75, 3.05) is 0 Å². The number of hydrogen-bond donors (Lipinski definition) is 1. The van der Waals surface area contributed by atoms with Gasteiger partial charge in [0.1, 0.15) is 6.10 Å². The molecule has 1 nitrogen and oxygen atoms in total. The van der Waals surface area contributed by atoms with Crippen LogP contribution < -0.4 is 0 Å². The van der Waals surface area contributed by atoms with Gasteiger partial charge in [-0.05, 0) is 41.7 Å². The normalized spacial score (nSPS) is 12.4. The molecule has 0 radical (unpaired) electrons. The van der Waals surface area contributed by atoms with Gasteiger partial charge in [0.15, 0.2) is 0 Å². The molecule has 1 unspecified atom stereocenters. The van der Waals surface area contributed by atoms with Gasteiger partial charge in [0.05, 0.1) is 0 Å². The van der Waals surface area contributed by atoms with E-state index in [0.717, 1.165) is 28.4 Å². The average Bonchev–Trinajstić information content (AvgIpc) is 2.42. The molecule has 2 aromatic rings. The maximum absolute atomic E-state index is 10.4. The van der Waals surface area contributed by atoms with Gasteiger partial charge < -0.3 is 5.11 Å². The summed E-state index contributed by atoms with van der Waals surface area (Å²) in [4.78, 5) is 0. The first-order chi connectivity index (χ1) is 9.11. The van der Waals surface area contributed by atoms with E-state index in [2.05, 4.69) is 35.0 Å². The summed E-state index contributed by atoms with van der Waals surface area (Å²) < 4.78 is 1.03. The van der Waals surface area contributed by atoms with Crippen LogP contribution in [0.1, 0.15) is 41.7 Å². The van der Waals surface area contributed by atoms with Crippen LogP contribution in [-0.2, 0) is 6.42 Å². The summed E-state index contributed by atoms with van der Waals surface area (Å²) in [5, 5.41) is 10.4. The fraction of sp³-hybridized carbons (Fsp3) is 0.294. The Morgan fingerprint density at radius 2 is 1.68 bits per heavy atom. The molecule has 0 amide bonds. The van der Waals surface area contributed by atoms with Crippen molar-refractivity contribution in [1.29, 1.82) is 0 Å². The highest BCUT2D eigenvalue weighted by Gasteiger charge is 2.11. The summed E-state index contributed by atoms with van der Waals surface area (Å²) >= 11 is 3.51. The smallest absolute Gasteiger partial charge is 0.104 e. The second-order valence-corrected chi connectivity index (χ2v) is 5.76. The van der Waals surface area contributed by atoms with Gasteiger partial charge in [-0.25, -0.2) is 0 Å². The first-order valence-corrected chi connectivity index (χ1v) is 7.44. The van der Waals surface area contributed by atoms with Crippen molar-refractivity contribution in [3.05, 3.63) is 69.2 Å². The molecular formula is C17H19BrO. The summed E-state index contributed by atoms with van der Waals surface area (Å²) in [6, 6.07) is 14.2. The first-order valence-electron chi connectivity index (χ1n) is 6.64. The lowest BCUT2D eigenvalue weighted by molar-refractivity contribution is 0.220. The molecule has 0 spiro atoms. The summed E-state index contributed by atoms with van der Waals surface area (Å²) in [7, 11) is 0. The lowest BCUT2D eigenvalue weighted by Gasteiger charge is -2.13. The molecule has 0 fully saturated rings. The minimum atomic E-state index is -0.562. The van der Waals surface area contributed by atoms with E-state index in [1.54, 1.807) is 0 Å². The van der Waals surface area contributed by atoms with Crippen LogP contribution in [0.4, 0.5) is 0 Å². The molecule has 2 rings (SSSR count). The van der Waals surface area contributed by atoms with E-state index >= 15 is 0 Å². The Morgan fingerprint density at radius 1 is 1.05 bits per heavy atom. The van der Waals surface area contributed by atoms with Gasteiger partial charge in [-0.3, -0.25) is 0 Å². The van der Waals surface area contributed by atoms with Crippen LogP contribution in [0.3, 0.4) is 0 Å². The van der Waals surface area contributed by atoms with Gasteiger partial charge in [0.2, 0.25) is 0 Å². The first kappa shape index (κ1) is 14.3. The molecular weight excluding hydrogens is 300 g/mol. The summed E-state index contributed by atoms with van der Waals surface area (Å²) in [5.74, 6) is 0. The molecule has 0 bridgehead atoms. The molecule has 2 aromatic carbocycles. The molecule has 0 aliphatic rings. The predicted molar refractivity (Wildman–Crippen MR) is 83.4 cm³/mol. The van der Waals surface area contributed by atoms with E-state index in [9.17, 15) is 5.11 Å². The minimum Gasteiger partial charge on any atom is -0.384 e. The SMILES string of the molecule is CCCc1ccc(C(O)c2ccc(C)c(Br)c2)cc1. The van der Waals surface area contributed by atoms with E-state index in [0.29, 0.717) is 0 Å². The fourth-order valence-corrected chi connectivity index (χ4v) is 2.52. The standard InChI is InChI=1S/C17H19BrO/c1-3-4-13-6-9-14(10-7-13)17(19)15-8-5-12(2)16(18)11-15/h5-11,17,19H,3-4H2,1-2H3. The van der Waals surface area contributed by atoms with Crippen molar-refractivity contribution >= 4 is 15.9 Å². The van der Waals surface area contributed by atoms with Gasteiger partial charge >= 0.3 is 0 Å². The Hall–Kier alpha value is -1.12. The highest BCUT2D eigenvalue weighted by atomic mass is 79.9. The zero-order valence-corrected chi connectivity index (χ0v) is 12.9. The Bertz CT molecular complexity index is 546. The quantitative estimate of drug-likeness (QED) is 0.859. The lowest BCUT2D eigenvalue weighted by Crippen LogP contribution is -2.00. The minimum absolute atomic E-state index is 0.562. The molecule has 19 heavy (non-hydrogen) atoms. The van der Waals surface area contributed by atoms with Crippen molar-refractivity contribution in [3.8, 4) is 0 Å². The fourth-order valence-electron chi connectivity index (χ4n) is 2.13. The van der Waals surface area contributed by atoms with Gasteiger partial charge in [0.25, 0.3) is 0 Å². The van der Waals surface area contributed by atoms with Crippen molar-refractivity contribution < 1.29 is 5.11 Å². The average molecular weight is 319 g/mol. The van der Waals surface area contributed by atoms with Crippen molar-refractivity contribution in [2.24, 2.45) is 0 Å².